The maximum Gasteiger partial charge on any atom is 0.315 e. The Hall–Kier alpha value is -1.26. The molecule has 0 aromatic carbocycles. The molecule has 2 saturated carbocycles. The van der Waals surface area contributed by atoms with E-state index in [0.717, 1.165) is 0 Å². The monoisotopic (exact) mass is 254 g/mol. The largest absolute Gasteiger partial charge is 0.481 e. The Morgan fingerprint density at radius 2 is 1.83 bits per heavy atom. The van der Waals surface area contributed by atoms with Crippen molar-refractivity contribution in [3.8, 4) is 0 Å². The molecule has 0 aliphatic heterocycles. The van der Waals surface area contributed by atoms with Gasteiger partial charge in [-0.1, -0.05) is 6.42 Å². The van der Waals surface area contributed by atoms with Crippen molar-refractivity contribution < 1.29 is 14.7 Å². The van der Waals surface area contributed by atoms with Crippen molar-refractivity contribution in [3.05, 3.63) is 0 Å². The van der Waals surface area contributed by atoms with Crippen molar-refractivity contribution in [1.82, 2.24) is 10.6 Å². The van der Waals surface area contributed by atoms with Gasteiger partial charge < -0.3 is 15.7 Å². The van der Waals surface area contributed by atoms with Gasteiger partial charge in [0.15, 0.2) is 0 Å². The van der Waals surface area contributed by atoms with Gasteiger partial charge in [0.05, 0.1) is 0 Å². The van der Waals surface area contributed by atoms with Gasteiger partial charge in [-0.3, -0.25) is 4.79 Å². The van der Waals surface area contributed by atoms with Gasteiger partial charge in [-0.15, -0.1) is 0 Å². The molecule has 18 heavy (non-hydrogen) atoms. The molecule has 2 aliphatic carbocycles. The minimum atomic E-state index is -0.817. The number of carboxylic acid groups (broad SMARTS) is 1. The van der Waals surface area contributed by atoms with Gasteiger partial charge in [-0.25, -0.2) is 4.79 Å². The second kappa shape index (κ2) is 6.07. The predicted octanol–water partition coefficient (Wildman–Crippen LogP) is 1.73. The molecule has 102 valence electrons. The van der Waals surface area contributed by atoms with Crippen molar-refractivity contribution in [2.75, 3.05) is 6.54 Å². The molecular weight excluding hydrogens is 232 g/mol. The Kier molecular flexibility index (Phi) is 4.44. The molecule has 5 nitrogen and oxygen atoms in total. The van der Waals surface area contributed by atoms with Gasteiger partial charge in [0.1, 0.15) is 0 Å². The maximum atomic E-state index is 11.7. The number of hydrogen-bond acceptors (Lipinski definition) is 2. The van der Waals surface area contributed by atoms with E-state index in [2.05, 4.69) is 10.6 Å². The second-order valence-electron chi connectivity index (χ2n) is 5.45. The fourth-order valence-electron chi connectivity index (χ4n) is 2.52. The predicted molar refractivity (Wildman–Crippen MR) is 67.3 cm³/mol. The number of urea groups is 1. The third-order valence-electron chi connectivity index (χ3n) is 3.94. The first-order valence-electron chi connectivity index (χ1n) is 6.93. The molecule has 0 aromatic heterocycles. The quantitative estimate of drug-likeness (QED) is 0.605. The fraction of sp³-hybridized carbons (Fsp3) is 0.846. The Morgan fingerprint density at radius 1 is 1.17 bits per heavy atom. The molecule has 0 spiro atoms. The first-order chi connectivity index (χ1) is 8.66. The molecule has 0 aromatic rings. The molecule has 0 radical (unpaired) electrons. The first kappa shape index (κ1) is 13.2. The Morgan fingerprint density at radius 3 is 2.33 bits per heavy atom. The zero-order chi connectivity index (χ0) is 13.0. The van der Waals surface area contributed by atoms with Gasteiger partial charge >= 0.3 is 12.0 Å². The van der Waals surface area contributed by atoms with E-state index in [-0.39, 0.29) is 12.5 Å². The number of hydrogen-bond donors (Lipinski definition) is 3. The number of nitrogens with one attached hydrogen (secondary N) is 2. The highest BCUT2D eigenvalue weighted by Crippen LogP contribution is 2.42. The molecule has 2 amide bonds. The molecule has 1 atom stereocenters. The first-order valence-corrected chi connectivity index (χ1v) is 6.93. The molecule has 5 heteroatoms. The van der Waals surface area contributed by atoms with Crippen molar-refractivity contribution >= 4 is 12.0 Å². The summed E-state index contributed by atoms with van der Waals surface area (Å²) in [6, 6.07) is 0.211. The SMILES string of the molecule is O=C(O)CCCNC(=O)NC(C1CCC1)C1CC1. The highest BCUT2D eigenvalue weighted by atomic mass is 16.4. The highest BCUT2D eigenvalue weighted by molar-refractivity contribution is 5.74. The van der Waals surface area contributed by atoms with Crippen LogP contribution in [0, 0.1) is 11.8 Å². The normalized spacial score (nSPS) is 20.9. The van der Waals surface area contributed by atoms with Crippen LogP contribution in [0.3, 0.4) is 0 Å². The lowest BCUT2D eigenvalue weighted by Gasteiger charge is -2.34. The van der Waals surface area contributed by atoms with Crippen LogP contribution in [0.1, 0.15) is 44.9 Å². The van der Waals surface area contributed by atoms with Crippen LogP contribution in [0.15, 0.2) is 0 Å². The topological polar surface area (TPSA) is 78.4 Å². The van der Waals surface area contributed by atoms with Crippen LogP contribution < -0.4 is 10.6 Å². The number of rotatable bonds is 7. The zero-order valence-electron chi connectivity index (χ0n) is 10.7. The molecule has 2 aliphatic rings. The van der Waals surface area contributed by atoms with E-state index in [1.807, 2.05) is 0 Å². The second-order valence-corrected chi connectivity index (χ2v) is 5.45. The lowest BCUT2D eigenvalue weighted by atomic mass is 9.78. The Bertz CT molecular complexity index is 311. The van der Waals surface area contributed by atoms with Crippen LogP contribution in [0.4, 0.5) is 4.79 Å². The van der Waals surface area contributed by atoms with Crippen molar-refractivity contribution in [3.63, 3.8) is 0 Å². The van der Waals surface area contributed by atoms with Crippen LogP contribution in [0.5, 0.6) is 0 Å². The van der Waals surface area contributed by atoms with Crippen molar-refractivity contribution in [2.24, 2.45) is 11.8 Å². The van der Waals surface area contributed by atoms with Gasteiger partial charge in [0, 0.05) is 19.0 Å². The number of carbonyl (C=O) groups is 2. The summed E-state index contributed by atoms with van der Waals surface area (Å²) < 4.78 is 0. The van der Waals surface area contributed by atoms with Crippen LogP contribution in [-0.4, -0.2) is 29.7 Å². The molecule has 3 N–H and O–H groups in total. The lowest BCUT2D eigenvalue weighted by molar-refractivity contribution is -0.137. The lowest BCUT2D eigenvalue weighted by Crippen LogP contribution is -2.48. The average molecular weight is 254 g/mol. The van der Waals surface area contributed by atoms with Gasteiger partial charge in [0.25, 0.3) is 0 Å². The van der Waals surface area contributed by atoms with E-state index in [1.54, 1.807) is 0 Å². The number of carbonyl (C=O) groups excluding carboxylic acids is 1. The number of amides is 2. The van der Waals surface area contributed by atoms with E-state index in [9.17, 15) is 9.59 Å². The smallest absolute Gasteiger partial charge is 0.315 e. The third-order valence-corrected chi connectivity index (χ3v) is 3.94. The molecule has 0 bridgehead atoms. The Balaban J connectivity index is 1.63. The Labute approximate surface area is 107 Å². The summed E-state index contributed by atoms with van der Waals surface area (Å²) in [6.07, 6.45) is 6.83. The summed E-state index contributed by atoms with van der Waals surface area (Å²) in [7, 11) is 0. The van der Waals surface area contributed by atoms with E-state index < -0.39 is 5.97 Å². The fourth-order valence-corrected chi connectivity index (χ4v) is 2.52. The van der Waals surface area contributed by atoms with Crippen LogP contribution in [0.2, 0.25) is 0 Å². The zero-order valence-corrected chi connectivity index (χ0v) is 10.7. The molecule has 0 heterocycles. The van der Waals surface area contributed by atoms with Gasteiger partial charge in [0.2, 0.25) is 0 Å². The summed E-state index contributed by atoms with van der Waals surface area (Å²) in [6.45, 7) is 0.431. The minimum absolute atomic E-state index is 0.106. The van der Waals surface area contributed by atoms with Crippen molar-refractivity contribution in [1.29, 1.82) is 0 Å². The molecule has 2 rings (SSSR count). The highest BCUT2D eigenvalue weighted by Gasteiger charge is 2.39. The van der Waals surface area contributed by atoms with Crippen LogP contribution in [0.25, 0.3) is 0 Å². The van der Waals surface area contributed by atoms with E-state index in [4.69, 9.17) is 5.11 Å². The minimum Gasteiger partial charge on any atom is -0.481 e. The summed E-state index contributed by atoms with van der Waals surface area (Å²) in [5.74, 6) is 0.532. The standard InChI is InChI=1S/C13H22N2O3/c16-11(17)5-2-8-14-13(18)15-12(10-6-7-10)9-3-1-4-9/h9-10,12H,1-8H2,(H,16,17)(H2,14,15,18). The van der Waals surface area contributed by atoms with Gasteiger partial charge in [-0.05, 0) is 43.9 Å². The molecule has 1 unspecified atom stereocenters. The van der Waals surface area contributed by atoms with Gasteiger partial charge in [-0.2, -0.15) is 0 Å². The van der Waals surface area contributed by atoms with Crippen LogP contribution in [-0.2, 0) is 4.79 Å². The summed E-state index contributed by atoms with van der Waals surface area (Å²) in [5, 5.41) is 14.3. The van der Waals surface area contributed by atoms with Crippen molar-refractivity contribution in [2.45, 2.75) is 51.0 Å². The molecule has 2 fully saturated rings. The number of aliphatic carboxylic acids is 1. The molecule has 0 saturated heterocycles. The van der Waals surface area contributed by atoms with E-state index in [1.165, 1.54) is 32.1 Å². The average Bonchev–Trinajstić information content (AvgIpc) is 3.04. The van der Waals surface area contributed by atoms with Crippen LogP contribution >= 0.6 is 0 Å². The summed E-state index contributed by atoms with van der Waals surface area (Å²) >= 11 is 0. The summed E-state index contributed by atoms with van der Waals surface area (Å²) in [4.78, 5) is 22.0. The molecular formula is C13H22N2O3. The van der Waals surface area contributed by atoms with E-state index in [0.29, 0.717) is 30.8 Å². The van der Waals surface area contributed by atoms with E-state index >= 15 is 0 Å². The third kappa shape index (κ3) is 3.89. The maximum absolute atomic E-state index is 11.7. The summed E-state index contributed by atoms with van der Waals surface area (Å²) in [5.41, 5.74) is 0. The number of carboxylic acids is 1.